The Morgan fingerprint density at radius 3 is 2.60 bits per heavy atom. The topological polar surface area (TPSA) is 137 Å². The second kappa shape index (κ2) is 13.2. The van der Waals surface area contributed by atoms with Crippen molar-refractivity contribution in [2.45, 2.75) is 43.7 Å². The van der Waals surface area contributed by atoms with Crippen LogP contribution in [0.1, 0.15) is 37.0 Å². The molecule has 0 radical (unpaired) electrons. The maximum atomic E-state index is 11.9. The number of benzene rings is 2. The molecule has 2 aromatic carbocycles. The van der Waals surface area contributed by atoms with E-state index in [1.807, 2.05) is 32.0 Å². The van der Waals surface area contributed by atoms with Crippen LogP contribution in [0.2, 0.25) is 0 Å². The summed E-state index contributed by atoms with van der Waals surface area (Å²) in [5, 5.41) is 14.1. The SMILES string of the molecule is COc1ncc(-c2ccc3c(Nc4cc(OC(C)C)cc(C(=O)O)c4)c(SNC4CCOCC4)cnc3c2)c(OC)n1. The minimum absolute atomic E-state index is 0.115. The molecule has 0 bridgehead atoms. The van der Waals surface area contributed by atoms with Gasteiger partial charge in [-0.1, -0.05) is 12.1 Å². The predicted octanol–water partition coefficient (Wildman–Crippen LogP) is 5.71. The first-order valence-corrected chi connectivity index (χ1v) is 14.4. The molecule has 12 heteroatoms. The fourth-order valence-electron chi connectivity index (χ4n) is 4.59. The van der Waals surface area contributed by atoms with Crippen molar-refractivity contribution < 1.29 is 28.8 Å². The van der Waals surface area contributed by atoms with Gasteiger partial charge in [0.15, 0.2) is 0 Å². The summed E-state index contributed by atoms with van der Waals surface area (Å²) in [6.07, 6.45) is 5.18. The molecule has 220 valence electrons. The highest BCUT2D eigenvalue weighted by atomic mass is 32.2. The highest BCUT2D eigenvalue weighted by Gasteiger charge is 2.19. The Labute approximate surface area is 248 Å². The van der Waals surface area contributed by atoms with Gasteiger partial charge in [-0.25, -0.2) is 9.78 Å². The lowest BCUT2D eigenvalue weighted by molar-refractivity contribution is 0.0696. The summed E-state index contributed by atoms with van der Waals surface area (Å²) in [4.78, 5) is 26.1. The zero-order valence-electron chi connectivity index (χ0n) is 23.8. The Balaban J connectivity index is 1.57. The maximum Gasteiger partial charge on any atom is 0.335 e. The van der Waals surface area contributed by atoms with Gasteiger partial charge in [0.2, 0.25) is 5.88 Å². The van der Waals surface area contributed by atoms with Crippen LogP contribution in [0.5, 0.6) is 17.6 Å². The largest absolute Gasteiger partial charge is 0.491 e. The summed E-state index contributed by atoms with van der Waals surface area (Å²) in [5.41, 5.74) is 3.73. The monoisotopic (exact) mass is 591 g/mol. The molecule has 1 fully saturated rings. The molecular formula is C30H33N5O6S. The molecule has 1 aliphatic rings. The van der Waals surface area contributed by atoms with E-state index in [4.69, 9.17) is 23.9 Å². The zero-order chi connectivity index (χ0) is 29.6. The van der Waals surface area contributed by atoms with E-state index in [9.17, 15) is 9.90 Å². The van der Waals surface area contributed by atoms with Crippen LogP contribution in [-0.4, -0.2) is 65.6 Å². The third-order valence-electron chi connectivity index (χ3n) is 6.60. The number of aromatic carboxylic acids is 1. The number of carbonyl (C=O) groups is 1. The molecule has 0 spiro atoms. The molecule has 11 nitrogen and oxygen atoms in total. The lowest BCUT2D eigenvalue weighted by atomic mass is 10.0. The molecule has 2 aromatic heterocycles. The van der Waals surface area contributed by atoms with E-state index in [0.29, 0.717) is 28.9 Å². The van der Waals surface area contributed by atoms with Crippen molar-refractivity contribution in [1.29, 1.82) is 0 Å². The molecule has 3 N–H and O–H groups in total. The van der Waals surface area contributed by atoms with Crippen LogP contribution in [0.15, 0.2) is 53.7 Å². The molecule has 1 aliphatic heterocycles. The predicted molar refractivity (Wildman–Crippen MR) is 161 cm³/mol. The first-order valence-electron chi connectivity index (χ1n) is 13.5. The van der Waals surface area contributed by atoms with Crippen LogP contribution in [0.4, 0.5) is 11.4 Å². The van der Waals surface area contributed by atoms with E-state index in [0.717, 1.165) is 53.1 Å². The second-order valence-corrected chi connectivity index (χ2v) is 10.8. The summed E-state index contributed by atoms with van der Waals surface area (Å²) < 4.78 is 25.5. The molecule has 0 aliphatic carbocycles. The van der Waals surface area contributed by atoms with Gasteiger partial charge in [0.1, 0.15) is 5.75 Å². The molecule has 0 unspecified atom stereocenters. The summed E-state index contributed by atoms with van der Waals surface area (Å²) in [6.45, 7) is 5.24. The number of aromatic nitrogens is 3. The maximum absolute atomic E-state index is 11.9. The average Bonchev–Trinajstić information content (AvgIpc) is 3.00. The normalized spacial score (nSPS) is 13.7. The van der Waals surface area contributed by atoms with Gasteiger partial charge >= 0.3 is 12.0 Å². The van der Waals surface area contributed by atoms with Gasteiger partial charge in [-0.2, -0.15) is 4.98 Å². The molecule has 1 saturated heterocycles. The molecule has 3 heterocycles. The summed E-state index contributed by atoms with van der Waals surface area (Å²) in [6, 6.07) is 11.3. The number of methoxy groups -OCH3 is 2. The molecular weight excluding hydrogens is 558 g/mol. The first-order chi connectivity index (χ1) is 20.3. The van der Waals surface area contributed by atoms with E-state index in [1.54, 1.807) is 31.6 Å². The van der Waals surface area contributed by atoms with Gasteiger partial charge in [-0.05, 0) is 62.4 Å². The zero-order valence-corrected chi connectivity index (χ0v) is 24.7. The number of pyridine rings is 1. The van der Waals surface area contributed by atoms with Crippen molar-refractivity contribution >= 4 is 40.2 Å². The van der Waals surface area contributed by atoms with Crippen LogP contribution < -0.4 is 24.2 Å². The van der Waals surface area contributed by atoms with Crippen molar-refractivity contribution in [1.82, 2.24) is 19.7 Å². The van der Waals surface area contributed by atoms with E-state index in [1.165, 1.54) is 25.1 Å². The van der Waals surface area contributed by atoms with Crippen LogP contribution >= 0.6 is 11.9 Å². The van der Waals surface area contributed by atoms with Gasteiger partial charge in [-0.15, -0.1) is 0 Å². The van der Waals surface area contributed by atoms with Gasteiger partial charge in [0, 0.05) is 48.8 Å². The summed E-state index contributed by atoms with van der Waals surface area (Å²) in [7, 11) is 3.05. The molecule has 4 aromatic rings. The van der Waals surface area contributed by atoms with E-state index >= 15 is 0 Å². The molecule has 0 amide bonds. The minimum atomic E-state index is -1.04. The Hall–Kier alpha value is -4.13. The molecule has 0 saturated carbocycles. The van der Waals surface area contributed by atoms with Crippen LogP contribution in [0.3, 0.4) is 0 Å². The standard InChI is InChI=1S/C30H33N5O6S/c1-17(2)41-22-12-19(29(36)37)11-21(14-22)33-27-23-6-5-18(24-15-32-30(39-4)34-28(24)38-3)13-25(23)31-16-26(27)42-35-20-7-9-40-10-8-20/h5-6,11-17,20,35H,7-10H2,1-4H3,(H,31,33)(H,36,37). The molecule has 42 heavy (non-hydrogen) atoms. The number of rotatable bonds is 11. The number of nitrogens with zero attached hydrogens (tertiary/aromatic N) is 3. The lowest BCUT2D eigenvalue weighted by Gasteiger charge is -2.23. The second-order valence-electron chi connectivity index (χ2n) is 9.96. The van der Waals surface area contributed by atoms with Crippen molar-refractivity contribution in [3.8, 4) is 28.8 Å². The third kappa shape index (κ3) is 6.84. The first kappa shape index (κ1) is 29.4. The smallest absolute Gasteiger partial charge is 0.335 e. The summed E-state index contributed by atoms with van der Waals surface area (Å²) >= 11 is 1.49. The van der Waals surface area contributed by atoms with Crippen molar-refractivity contribution in [3.05, 3.63) is 54.4 Å². The fraction of sp³-hybridized carbons (Fsp3) is 0.333. The van der Waals surface area contributed by atoms with E-state index < -0.39 is 5.97 Å². The quantitative estimate of drug-likeness (QED) is 0.184. The Kier molecular flexibility index (Phi) is 9.25. The van der Waals surface area contributed by atoms with Crippen LogP contribution in [0, 0.1) is 0 Å². The Bertz CT molecular complexity index is 1580. The fourth-order valence-corrected chi connectivity index (χ4v) is 5.49. The van der Waals surface area contributed by atoms with Gasteiger partial charge in [-0.3, -0.25) is 9.71 Å². The number of carboxylic acid groups (broad SMARTS) is 1. The average molecular weight is 592 g/mol. The minimum Gasteiger partial charge on any atom is -0.491 e. The van der Waals surface area contributed by atoms with Crippen molar-refractivity contribution in [2.75, 3.05) is 32.8 Å². The van der Waals surface area contributed by atoms with Crippen LogP contribution in [-0.2, 0) is 4.74 Å². The van der Waals surface area contributed by atoms with Crippen LogP contribution in [0.25, 0.3) is 22.0 Å². The number of carboxylic acids is 1. The van der Waals surface area contributed by atoms with Gasteiger partial charge < -0.3 is 29.4 Å². The lowest BCUT2D eigenvalue weighted by Crippen LogP contribution is -2.30. The molecule has 0 atom stereocenters. The van der Waals surface area contributed by atoms with E-state index in [-0.39, 0.29) is 17.7 Å². The van der Waals surface area contributed by atoms with Gasteiger partial charge in [0.05, 0.1) is 47.6 Å². The third-order valence-corrected chi connectivity index (χ3v) is 7.59. The number of nitrogens with one attached hydrogen (secondary N) is 2. The Morgan fingerprint density at radius 1 is 1.07 bits per heavy atom. The Morgan fingerprint density at radius 2 is 1.88 bits per heavy atom. The number of hydrogen-bond donors (Lipinski definition) is 3. The number of anilines is 2. The summed E-state index contributed by atoms with van der Waals surface area (Å²) in [5.74, 6) is -0.187. The number of fused-ring (bicyclic) bond motifs is 1. The van der Waals surface area contributed by atoms with Crippen molar-refractivity contribution in [3.63, 3.8) is 0 Å². The van der Waals surface area contributed by atoms with E-state index in [2.05, 4.69) is 20.0 Å². The highest BCUT2D eigenvalue weighted by Crippen LogP contribution is 2.38. The number of ether oxygens (including phenoxy) is 4. The van der Waals surface area contributed by atoms with Crippen molar-refractivity contribution in [2.24, 2.45) is 0 Å². The van der Waals surface area contributed by atoms with Gasteiger partial charge in [0.25, 0.3) is 0 Å². The molecule has 5 rings (SSSR count). The number of hydrogen-bond acceptors (Lipinski definition) is 11. The highest BCUT2D eigenvalue weighted by molar-refractivity contribution is 7.97.